The second-order valence-electron chi connectivity index (χ2n) is 11.8. The lowest BCUT2D eigenvalue weighted by atomic mass is 9.86. The van der Waals surface area contributed by atoms with Crippen molar-refractivity contribution in [3.63, 3.8) is 0 Å². The van der Waals surface area contributed by atoms with E-state index in [-0.39, 0.29) is 39.3 Å². The minimum Gasteiger partial charge on any atom is -0.480 e. The van der Waals surface area contributed by atoms with Crippen molar-refractivity contribution in [2.24, 2.45) is 0 Å². The van der Waals surface area contributed by atoms with E-state index in [0.29, 0.717) is 16.1 Å². The number of benzene rings is 2. The highest BCUT2D eigenvalue weighted by molar-refractivity contribution is 7.92. The van der Waals surface area contributed by atoms with Crippen molar-refractivity contribution >= 4 is 40.1 Å². The summed E-state index contributed by atoms with van der Waals surface area (Å²) in [5.74, 6) is -0.145. The van der Waals surface area contributed by atoms with Crippen LogP contribution in [0.2, 0.25) is 19.6 Å². The minimum atomic E-state index is -4.12. The van der Waals surface area contributed by atoms with Gasteiger partial charge in [-0.2, -0.15) is 18.4 Å². The summed E-state index contributed by atoms with van der Waals surface area (Å²) >= 11 is 0. The van der Waals surface area contributed by atoms with Crippen molar-refractivity contribution in [2.75, 3.05) is 19.1 Å². The first-order valence-electron chi connectivity index (χ1n) is 12.9. The summed E-state index contributed by atoms with van der Waals surface area (Å²) in [5, 5.41) is 1.15. The largest absolute Gasteiger partial charge is 0.480 e. The molecule has 11 heteroatoms. The van der Waals surface area contributed by atoms with Crippen LogP contribution in [-0.4, -0.2) is 51.1 Å². The Kier molecular flexibility index (Phi) is 7.59. The third kappa shape index (κ3) is 5.48. The van der Waals surface area contributed by atoms with E-state index in [1.165, 1.54) is 31.0 Å². The average molecular weight is 581 g/mol. The number of nitrogens with one attached hydrogen (secondary N) is 1. The van der Waals surface area contributed by atoms with E-state index >= 15 is 0 Å². The molecule has 0 radical (unpaired) electrons. The summed E-state index contributed by atoms with van der Waals surface area (Å²) in [6.07, 6.45) is 0. The molecule has 0 aliphatic heterocycles. The molecule has 0 saturated heterocycles. The van der Waals surface area contributed by atoms with Gasteiger partial charge in [0.05, 0.1) is 32.6 Å². The fraction of sp³-hybridized carbons (Fsp3) is 0.345. The summed E-state index contributed by atoms with van der Waals surface area (Å²) in [6, 6.07) is 13.8. The van der Waals surface area contributed by atoms with E-state index in [9.17, 15) is 13.2 Å². The number of fused-ring (bicyclic) bond motifs is 1. The van der Waals surface area contributed by atoms with Gasteiger partial charge in [0.25, 0.3) is 10.0 Å². The third-order valence-corrected chi connectivity index (χ3v) is 9.96. The molecule has 2 aromatic heterocycles. The number of hydrogen-bond acceptors (Lipinski definition) is 7. The molecular formula is C29H36N4O5SSi. The number of sulfonamides is 1. The number of carbonyl (C=O) groups excluding carboxylic acids is 1. The van der Waals surface area contributed by atoms with Crippen LogP contribution in [0, 0.1) is 6.92 Å². The van der Waals surface area contributed by atoms with E-state index in [1.807, 2.05) is 19.1 Å². The van der Waals surface area contributed by atoms with Gasteiger partial charge in [-0.1, -0.05) is 82.4 Å². The lowest BCUT2D eigenvalue weighted by Crippen LogP contribution is -2.42. The number of aromatic nitrogens is 3. The number of hydrogen-bond donors (Lipinski definition) is 1. The first-order chi connectivity index (χ1) is 18.6. The zero-order chi connectivity index (χ0) is 29.6. The fourth-order valence-electron chi connectivity index (χ4n) is 4.55. The Labute approximate surface area is 236 Å². The molecule has 0 saturated carbocycles. The SMILES string of the molecule is COc1nc(OC)c2c([Si](C)(C)C)c(C(=O)c3ccc(C(C)(C)C)cc3)n(NS(=O)(=O)c3ccc(C)cc3)c2n1. The van der Waals surface area contributed by atoms with E-state index in [1.54, 1.807) is 24.3 Å². The van der Waals surface area contributed by atoms with E-state index in [4.69, 9.17) is 9.47 Å². The van der Waals surface area contributed by atoms with Crippen molar-refractivity contribution in [3.05, 3.63) is 70.9 Å². The molecule has 2 aromatic carbocycles. The lowest BCUT2D eigenvalue weighted by Gasteiger charge is -2.21. The van der Waals surface area contributed by atoms with Crippen molar-refractivity contribution in [1.29, 1.82) is 0 Å². The maximum Gasteiger partial charge on any atom is 0.321 e. The second kappa shape index (κ2) is 10.4. The second-order valence-corrected chi connectivity index (χ2v) is 18.5. The maximum atomic E-state index is 14.3. The molecule has 9 nitrogen and oxygen atoms in total. The lowest BCUT2D eigenvalue weighted by molar-refractivity contribution is 0.103. The summed E-state index contributed by atoms with van der Waals surface area (Å²) in [4.78, 5) is 25.9. The number of aryl methyl sites for hydroxylation is 1. The van der Waals surface area contributed by atoms with Crippen molar-refractivity contribution in [1.82, 2.24) is 14.6 Å². The molecule has 212 valence electrons. The molecule has 40 heavy (non-hydrogen) atoms. The Morgan fingerprint density at radius 2 is 1.52 bits per heavy atom. The number of ether oxygens (including phenoxy) is 2. The van der Waals surface area contributed by atoms with E-state index in [0.717, 1.165) is 11.1 Å². The quantitative estimate of drug-likeness (QED) is 0.236. The van der Waals surface area contributed by atoms with Gasteiger partial charge in [-0.25, -0.2) is 9.51 Å². The van der Waals surface area contributed by atoms with Gasteiger partial charge in [0.15, 0.2) is 5.65 Å². The molecule has 0 unspecified atom stereocenters. The Morgan fingerprint density at radius 3 is 2.02 bits per heavy atom. The first kappa shape index (κ1) is 29.3. The van der Waals surface area contributed by atoms with Gasteiger partial charge in [-0.05, 0) is 35.2 Å². The van der Waals surface area contributed by atoms with E-state index < -0.39 is 18.1 Å². The molecule has 0 amide bonds. The zero-order valence-corrected chi connectivity index (χ0v) is 26.2. The normalized spacial score (nSPS) is 12.4. The van der Waals surface area contributed by atoms with Crippen LogP contribution in [0.15, 0.2) is 53.4 Å². The monoisotopic (exact) mass is 580 g/mol. The summed E-state index contributed by atoms with van der Waals surface area (Å²) in [5.41, 5.74) is 2.67. The molecular weight excluding hydrogens is 544 g/mol. The van der Waals surface area contributed by atoms with Crippen LogP contribution in [0.4, 0.5) is 0 Å². The van der Waals surface area contributed by atoms with Gasteiger partial charge in [0.2, 0.25) is 11.7 Å². The Bertz CT molecular complexity index is 1680. The molecule has 0 atom stereocenters. The number of carbonyl (C=O) groups is 1. The number of ketones is 1. The summed E-state index contributed by atoms with van der Waals surface area (Å²) in [7, 11) is -3.62. The number of rotatable bonds is 8. The number of nitrogens with zero attached hydrogens (tertiary/aromatic N) is 3. The van der Waals surface area contributed by atoms with Crippen LogP contribution < -0.4 is 19.5 Å². The molecule has 0 spiro atoms. The van der Waals surface area contributed by atoms with Gasteiger partial charge in [-0.15, -0.1) is 0 Å². The Morgan fingerprint density at radius 1 is 0.925 bits per heavy atom. The minimum absolute atomic E-state index is 0.0201. The predicted molar refractivity (Wildman–Crippen MR) is 160 cm³/mol. The van der Waals surface area contributed by atoms with Crippen LogP contribution in [0.3, 0.4) is 0 Å². The molecule has 4 aromatic rings. The zero-order valence-electron chi connectivity index (χ0n) is 24.4. The third-order valence-electron chi connectivity index (χ3n) is 6.66. The molecule has 0 aliphatic rings. The van der Waals surface area contributed by atoms with Gasteiger partial charge in [0, 0.05) is 5.56 Å². The van der Waals surface area contributed by atoms with Gasteiger partial charge >= 0.3 is 6.01 Å². The predicted octanol–water partition coefficient (Wildman–Crippen LogP) is 4.76. The van der Waals surface area contributed by atoms with Crippen LogP contribution in [0.1, 0.15) is 48.0 Å². The maximum absolute atomic E-state index is 14.3. The molecule has 4 rings (SSSR count). The van der Waals surface area contributed by atoms with Crippen molar-refractivity contribution in [2.45, 2.75) is 57.6 Å². The van der Waals surface area contributed by atoms with Crippen LogP contribution >= 0.6 is 0 Å². The Hall–Kier alpha value is -3.70. The molecule has 0 fully saturated rings. The topological polar surface area (TPSA) is 112 Å². The smallest absolute Gasteiger partial charge is 0.321 e. The van der Waals surface area contributed by atoms with Crippen molar-refractivity contribution in [3.8, 4) is 11.9 Å². The molecule has 2 heterocycles. The standard InChI is InChI=1S/C29H36N4O5SSi/c1-18-10-16-21(17-11-18)39(35,36)32-33-23(24(34)19-12-14-20(15-13-19)29(2,3)4)25(40(7,8)9)22-26(33)30-28(38-6)31-27(22)37-5/h10-17,32H,1-9H3. The van der Waals surface area contributed by atoms with Crippen LogP contribution in [0.25, 0.3) is 11.0 Å². The fourth-order valence-corrected chi connectivity index (χ4v) is 7.47. The number of methoxy groups -OCH3 is 2. The Balaban J connectivity index is 2.07. The highest BCUT2D eigenvalue weighted by Crippen LogP contribution is 2.31. The molecule has 0 bridgehead atoms. The van der Waals surface area contributed by atoms with Gasteiger partial charge < -0.3 is 9.47 Å². The van der Waals surface area contributed by atoms with Gasteiger partial charge in [0.1, 0.15) is 5.69 Å². The summed E-state index contributed by atoms with van der Waals surface area (Å²) < 4.78 is 39.5. The summed E-state index contributed by atoms with van der Waals surface area (Å²) in [6.45, 7) is 14.4. The molecule has 0 aliphatic carbocycles. The van der Waals surface area contributed by atoms with Crippen LogP contribution in [0.5, 0.6) is 11.9 Å². The van der Waals surface area contributed by atoms with Gasteiger partial charge in [-0.3, -0.25) is 4.79 Å². The average Bonchev–Trinajstić information content (AvgIpc) is 3.21. The highest BCUT2D eigenvalue weighted by atomic mass is 32.2. The first-order valence-corrected chi connectivity index (χ1v) is 17.9. The van der Waals surface area contributed by atoms with Crippen molar-refractivity contribution < 1.29 is 22.7 Å². The highest BCUT2D eigenvalue weighted by Gasteiger charge is 2.36. The molecule has 1 N–H and O–H groups in total. The van der Waals surface area contributed by atoms with E-state index in [2.05, 4.69) is 55.2 Å². The van der Waals surface area contributed by atoms with Crippen LogP contribution in [-0.2, 0) is 15.4 Å².